The number of carbonyl (C=O) groups is 1. The lowest BCUT2D eigenvalue weighted by molar-refractivity contribution is 0.0950. The van der Waals surface area contributed by atoms with Crippen molar-refractivity contribution in [3.05, 3.63) is 77.1 Å². The highest BCUT2D eigenvalue weighted by molar-refractivity contribution is 6.37. The van der Waals surface area contributed by atoms with Crippen LogP contribution in [0, 0.1) is 5.92 Å². The van der Waals surface area contributed by atoms with Crippen LogP contribution in [0.3, 0.4) is 0 Å². The fraction of sp³-hybridized carbons (Fsp3) is 0.217. The standard InChI is InChI=1S/C23H20ClN5O/c24-21-19(9-10-20-22(21)27-28-29(20)14-16-3-4-16)17-7-5-15(6-8-17)12-26-23(30)18-2-1-11-25-13-18/h1-2,5-11,13,16H,3-4,12,14H2,(H,26,30). The number of nitrogens with zero attached hydrogens (tertiary/aromatic N) is 4. The molecule has 2 aromatic heterocycles. The molecule has 0 unspecified atom stereocenters. The Hall–Kier alpha value is -3.25. The van der Waals surface area contributed by atoms with Gasteiger partial charge in [0.1, 0.15) is 5.52 Å². The fourth-order valence-electron chi connectivity index (χ4n) is 3.49. The number of rotatable bonds is 6. The Morgan fingerprint density at radius 2 is 1.97 bits per heavy atom. The molecule has 6 nitrogen and oxygen atoms in total. The first-order chi connectivity index (χ1) is 14.7. The number of aromatic nitrogens is 4. The molecule has 0 radical (unpaired) electrons. The van der Waals surface area contributed by atoms with Gasteiger partial charge >= 0.3 is 0 Å². The number of carbonyl (C=O) groups excluding carboxylic acids is 1. The molecule has 1 N–H and O–H groups in total. The summed E-state index contributed by atoms with van der Waals surface area (Å²) in [6, 6.07) is 15.5. The summed E-state index contributed by atoms with van der Waals surface area (Å²) in [5.41, 5.74) is 5.19. The maximum atomic E-state index is 12.2. The van der Waals surface area contributed by atoms with Crippen molar-refractivity contribution in [3.8, 4) is 11.1 Å². The highest BCUT2D eigenvalue weighted by Crippen LogP contribution is 2.35. The van der Waals surface area contributed by atoms with E-state index in [9.17, 15) is 4.79 Å². The molecule has 30 heavy (non-hydrogen) atoms. The Kier molecular flexibility index (Phi) is 4.93. The Morgan fingerprint density at radius 1 is 1.13 bits per heavy atom. The SMILES string of the molecule is O=C(NCc1ccc(-c2ccc3c(nnn3CC3CC3)c2Cl)cc1)c1cccnc1. The Morgan fingerprint density at radius 3 is 2.70 bits per heavy atom. The van der Waals surface area contributed by atoms with Gasteiger partial charge in [0.2, 0.25) is 0 Å². The lowest BCUT2D eigenvalue weighted by atomic mass is 10.0. The average molecular weight is 418 g/mol. The largest absolute Gasteiger partial charge is 0.348 e. The molecule has 4 aromatic rings. The summed E-state index contributed by atoms with van der Waals surface area (Å²) < 4.78 is 1.96. The number of halogens is 1. The Bertz CT molecular complexity index is 1200. The first-order valence-electron chi connectivity index (χ1n) is 9.98. The van der Waals surface area contributed by atoms with Crippen LogP contribution in [0.25, 0.3) is 22.2 Å². The van der Waals surface area contributed by atoms with Gasteiger partial charge in [0, 0.05) is 31.0 Å². The van der Waals surface area contributed by atoms with E-state index in [-0.39, 0.29) is 5.91 Å². The van der Waals surface area contributed by atoms with Crippen molar-refractivity contribution in [2.75, 3.05) is 0 Å². The van der Waals surface area contributed by atoms with Crippen LogP contribution in [-0.2, 0) is 13.1 Å². The Balaban J connectivity index is 1.32. The zero-order valence-corrected chi connectivity index (χ0v) is 17.0. The number of fused-ring (bicyclic) bond motifs is 1. The van der Waals surface area contributed by atoms with Crippen molar-refractivity contribution < 1.29 is 4.79 Å². The average Bonchev–Trinajstić information content (AvgIpc) is 3.51. The predicted molar refractivity (Wildman–Crippen MR) is 116 cm³/mol. The summed E-state index contributed by atoms with van der Waals surface area (Å²) in [7, 11) is 0. The third kappa shape index (κ3) is 3.78. The van der Waals surface area contributed by atoms with E-state index in [2.05, 4.69) is 20.6 Å². The van der Waals surface area contributed by atoms with Gasteiger partial charge in [-0.3, -0.25) is 9.78 Å². The summed E-state index contributed by atoms with van der Waals surface area (Å²) in [4.78, 5) is 16.1. The van der Waals surface area contributed by atoms with Crippen LogP contribution in [0.4, 0.5) is 0 Å². The normalized spacial score (nSPS) is 13.5. The molecule has 2 heterocycles. The minimum Gasteiger partial charge on any atom is -0.348 e. The van der Waals surface area contributed by atoms with Crippen molar-refractivity contribution in [2.45, 2.75) is 25.9 Å². The first kappa shape index (κ1) is 18.8. The van der Waals surface area contributed by atoms with Crippen LogP contribution in [0.15, 0.2) is 60.9 Å². The van der Waals surface area contributed by atoms with E-state index in [4.69, 9.17) is 11.6 Å². The molecule has 0 atom stereocenters. The van der Waals surface area contributed by atoms with Crippen LogP contribution in [0.1, 0.15) is 28.8 Å². The highest BCUT2D eigenvalue weighted by atomic mass is 35.5. The number of pyridine rings is 1. The van der Waals surface area contributed by atoms with Crippen LogP contribution in [0.5, 0.6) is 0 Å². The van der Waals surface area contributed by atoms with Gasteiger partial charge in [-0.05, 0) is 48.1 Å². The monoisotopic (exact) mass is 417 g/mol. The molecule has 1 aliphatic rings. The van der Waals surface area contributed by atoms with E-state index in [0.29, 0.717) is 17.1 Å². The van der Waals surface area contributed by atoms with Gasteiger partial charge in [0.15, 0.2) is 0 Å². The zero-order valence-electron chi connectivity index (χ0n) is 16.3. The zero-order chi connectivity index (χ0) is 20.5. The lowest BCUT2D eigenvalue weighted by Gasteiger charge is -2.09. The molecule has 5 rings (SSSR count). The molecule has 0 spiro atoms. The maximum absolute atomic E-state index is 12.2. The van der Waals surface area contributed by atoms with E-state index in [1.165, 1.54) is 12.8 Å². The number of nitrogens with one attached hydrogen (secondary N) is 1. The fourth-order valence-corrected chi connectivity index (χ4v) is 3.80. The number of amides is 1. The molecule has 1 amide bonds. The van der Waals surface area contributed by atoms with Crippen LogP contribution < -0.4 is 5.32 Å². The number of hydrogen-bond acceptors (Lipinski definition) is 4. The predicted octanol–water partition coefficient (Wildman–Crippen LogP) is 4.49. The van der Waals surface area contributed by atoms with Crippen LogP contribution in [0.2, 0.25) is 5.02 Å². The number of benzene rings is 2. The smallest absolute Gasteiger partial charge is 0.253 e. The lowest BCUT2D eigenvalue weighted by Crippen LogP contribution is -2.22. The van der Waals surface area contributed by atoms with Crippen molar-refractivity contribution in [2.24, 2.45) is 5.92 Å². The van der Waals surface area contributed by atoms with Gasteiger partial charge in [0.25, 0.3) is 5.91 Å². The molecule has 1 saturated carbocycles. The minimum absolute atomic E-state index is 0.144. The van der Waals surface area contributed by atoms with E-state index in [1.54, 1.807) is 24.5 Å². The highest BCUT2D eigenvalue weighted by Gasteiger charge is 2.23. The molecular weight excluding hydrogens is 398 g/mol. The molecule has 7 heteroatoms. The third-order valence-electron chi connectivity index (χ3n) is 5.40. The minimum atomic E-state index is -0.144. The van der Waals surface area contributed by atoms with Gasteiger partial charge < -0.3 is 5.32 Å². The van der Waals surface area contributed by atoms with Crippen molar-refractivity contribution in [1.82, 2.24) is 25.3 Å². The van der Waals surface area contributed by atoms with Crippen molar-refractivity contribution in [3.63, 3.8) is 0 Å². The van der Waals surface area contributed by atoms with Crippen molar-refractivity contribution >= 4 is 28.5 Å². The van der Waals surface area contributed by atoms with Gasteiger partial charge in [-0.15, -0.1) is 5.10 Å². The second kappa shape index (κ2) is 7.88. The molecule has 0 aliphatic heterocycles. The van der Waals surface area contributed by atoms with E-state index >= 15 is 0 Å². The molecule has 1 fully saturated rings. The molecule has 150 valence electrons. The topological polar surface area (TPSA) is 72.7 Å². The van der Waals surface area contributed by atoms with Gasteiger partial charge in [0.05, 0.1) is 16.1 Å². The number of hydrogen-bond donors (Lipinski definition) is 1. The summed E-state index contributed by atoms with van der Waals surface area (Å²) in [5, 5.41) is 12.1. The van der Waals surface area contributed by atoms with Crippen molar-refractivity contribution in [1.29, 1.82) is 0 Å². The second-order valence-electron chi connectivity index (χ2n) is 7.63. The summed E-state index contributed by atoms with van der Waals surface area (Å²) in [6.07, 6.45) is 5.73. The molecular formula is C23H20ClN5O. The van der Waals surface area contributed by atoms with Gasteiger partial charge in [-0.25, -0.2) is 4.68 Å². The quantitative estimate of drug-likeness (QED) is 0.501. The molecule has 1 aliphatic carbocycles. The summed E-state index contributed by atoms with van der Waals surface area (Å²) in [5.74, 6) is 0.578. The molecule has 2 aromatic carbocycles. The molecule has 0 bridgehead atoms. The first-order valence-corrected chi connectivity index (χ1v) is 10.4. The van der Waals surface area contributed by atoms with Crippen LogP contribution in [-0.4, -0.2) is 25.9 Å². The summed E-state index contributed by atoms with van der Waals surface area (Å²) >= 11 is 6.67. The van der Waals surface area contributed by atoms with E-state index < -0.39 is 0 Å². The van der Waals surface area contributed by atoms with Gasteiger partial charge in [-0.1, -0.05) is 47.1 Å². The second-order valence-corrected chi connectivity index (χ2v) is 8.01. The van der Waals surface area contributed by atoms with E-state index in [1.807, 2.05) is 41.1 Å². The molecule has 0 saturated heterocycles. The van der Waals surface area contributed by atoms with Gasteiger partial charge in [-0.2, -0.15) is 0 Å². The van der Waals surface area contributed by atoms with Crippen LogP contribution >= 0.6 is 11.6 Å². The maximum Gasteiger partial charge on any atom is 0.253 e. The summed E-state index contributed by atoms with van der Waals surface area (Å²) in [6.45, 7) is 1.35. The third-order valence-corrected chi connectivity index (χ3v) is 5.78. The Labute approximate surface area is 178 Å². The van der Waals surface area contributed by atoms with E-state index in [0.717, 1.165) is 40.2 Å².